The highest BCUT2D eigenvalue weighted by atomic mass is 16.5. The van der Waals surface area contributed by atoms with Crippen LogP contribution in [0.3, 0.4) is 0 Å². The number of nitrogens with one attached hydrogen (secondary N) is 1. The van der Waals surface area contributed by atoms with Crippen LogP contribution in [0.25, 0.3) is 5.69 Å². The zero-order valence-corrected chi connectivity index (χ0v) is 15.8. The summed E-state index contributed by atoms with van der Waals surface area (Å²) in [5, 5.41) is 7.94. The third kappa shape index (κ3) is 4.85. The minimum atomic E-state index is 0.401. The maximum absolute atomic E-state index is 5.73. The topological polar surface area (TPSA) is 54.7 Å². The van der Waals surface area contributed by atoms with Gasteiger partial charge in [-0.15, -0.1) is 0 Å². The maximum Gasteiger partial charge on any atom is 0.193 e. The number of likely N-dealkylation sites (tertiary alicyclic amines) is 1. The molecule has 1 fully saturated rings. The first-order chi connectivity index (χ1) is 12.8. The quantitative estimate of drug-likeness (QED) is 0.639. The van der Waals surface area contributed by atoms with Gasteiger partial charge in [-0.25, -0.2) is 4.68 Å². The summed E-state index contributed by atoms with van der Waals surface area (Å²) in [5.74, 6) is 0.982. The van der Waals surface area contributed by atoms with E-state index in [4.69, 9.17) is 4.74 Å². The van der Waals surface area contributed by atoms with Gasteiger partial charge in [-0.3, -0.25) is 4.99 Å². The van der Waals surface area contributed by atoms with Crippen molar-refractivity contribution in [1.82, 2.24) is 20.0 Å². The predicted molar refractivity (Wildman–Crippen MR) is 105 cm³/mol. The molecule has 1 aromatic carbocycles. The van der Waals surface area contributed by atoms with Gasteiger partial charge in [0.1, 0.15) is 0 Å². The van der Waals surface area contributed by atoms with E-state index in [2.05, 4.69) is 45.6 Å². The van der Waals surface area contributed by atoms with E-state index in [1.54, 1.807) is 0 Å². The van der Waals surface area contributed by atoms with Gasteiger partial charge in [0.05, 0.1) is 18.0 Å². The van der Waals surface area contributed by atoms with Gasteiger partial charge in [0, 0.05) is 39.5 Å². The van der Waals surface area contributed by atoms with Crippen molar-refractivity contribution in [3.8, 4) is 5.69 Å². The molecule has 2 heterocycles. The number of benzene rings is 1. The molecule has 1 aliphatic rings. The van der Waals surface area contributed by atoms with Gasteiger partial charge in [-0.05, 0) is 43.9 Å². The van der Waals surface area contributed by atoms with Crippen molar-refractivity contribution in [2.75, 3.05) is 33.3 Å². The van der Waals surface area contributed by atoms with Crippen molar-refractivity contribution in [2.24, 2.45) is 4.99 Å². The van der Waals surface area contributed by atoms with E-state index in [1.165, 1.54) is 5.56 Å². The number of aromatic nitrogens is 2. The summed E-state index contributed by atoms with van der Waals surface area (Å²) >= 11 is 0. The molecule has 1 N–H and O–H groups in total. The van der Waals surface area contributed by atoms with Crippen LogP contribution in [0.15, 0.2) is 47.7 Å². The molecule has 6 nitrogen and oxygen atoms in total. The van der Waals surface area contributed by atoms with Crippen LogP contribution in [-0.2, 0) is 11.2 Å². The van der Waals surface area contributed by atoms with Crippen LogP contribution < -0.4 is 5.32 Å². The van der Waals surface area contributed by atoms with Crippen molar-refractivity contribution in [1.29, 1.82) is 0 Å². The van der Waals surface area contributed by atoms with Crippen LogP contribution in [0.2, 0.25) is 0 Å². The lowest BCUT2D eigenvalue weighted by molar-refractivity contribution is 0.0264. The lowest BCUT2D eigenvalue weighted by atomic mass is 10.1. The van der Waals surface area contributed by atoms with Gasteiger partial charge < -0.3 is 15.0 Å². The van der Waals surface area contributed by atoms with Crippen molar-refractivity contribution in [2.45, 2.75) is 32.3 Å². The Morgan fingerprint density at radius 1 is 1.27 bits per heavy atom. The van der Waals surface area contributed by atoms with Crippen molar-refractivity contribution in [3.63, 3.8) is 0 Å². The molecule has 0 aliphatic carbocycles. The summed E-state index contributed by atoms with van der Waals surface area (Å²) in [6.07, 6.45) is 7.48. The number of hydrogen-bond acceptors (Lipinski definition) is 3. The zero-order valence-electron chi connectivity index (χ0n) is 15.8. The summed E-state index contributed by atoms with van der Waals surface area (Å²) < 4.78 is 7.65. The zero-order chi connectivity index (χ0) is 18.2. The molecule has 0 atom stereocenters. The molecule has 26 heavy (non-hydrogen) atoms. The van der Waals surface area contributed by atoms with Crippen LogP contribution in [0.4, 0.5) is 0 Å². The SMILES string of the molecule is CCOC1CCN(C(=NC)NCCc2cnn(-c3ccccc3)c2)CC1. The van der Waals surface area contributed by atoms with Gasteiger partial charge in [0.15, 0.2) is 5.96 Å². The van der Waals surface area contributed by atoms with Crippen LogP contribution in [0.1, 0.15) is 25.3 Å². The molecular formula is C20H29N5O. The van der Waals surface area contributed by atoms with Gasteiger partial charge in [-0.2, -0.15) is 5.10 Å². The van der Waals surface area contributed by atoms with Gasteiger partial charge in [0.25, 0.3) is 0 Å². The van der Waals surface area contributed by atoms with E-state index in [1.807, 2.05) is 36.1 Å². The van der Waals surface area contributed by atoms with E-state index in [0.717, 1.165) is 57.2 Å². The molecule has 1 aromatic heterocycles. The first kappa shape index (κ1) is 18.5. The molecule has 0 spiro atoms. The Balaban J connectivity index is 1.46. The Labute approximate surface area is 155 Å². The Bertz CT molecular complexity index is 689. The summed E-state index contributed by atoms with van der Waals surface area (Å²) in [6, 6.07) is 10.2. The minimum Gasteiger partial charge on any atom is -0.378 e. The van der Waals surface area contributed by atoms with E-state index >= 15 is 0 Å². The lowest BCUT2D eigenvalue weighted by Gasteiger charge is -2.34. The number of piperidine rings is 1. The number of nitrogens with zero attached hydrogens (tertiary/aromatic N) is 4. The Kier molecular flexibility index (Phi) is 6.66. The molecule has 1 aliphatic heterocycles. The second kappa shape index (κ2) is 9.38. The number of guanidine groups is 1. The van der Waals surface area contributed by atoms with Crippen molar-refractivity contribution >= 4 is 5.96 Å². The van der Waals surface area contributed by atoms with Gasteiger partial charge >= 0.3 is 0 Å². The molecular weight excluding hydrogens is 326 g/mol. The molecule has 0 saturated carbocycles. The summed E-state index contributed by atoms with van der Waals surface area (Å²) in [4.78, 5) is 6.76. The van der Waals surface area contributed by atoms with Crippen LogP contribution in [0.5, 0.6) is 0 Å². The highest BCUT2D eigenvalue weighted by Crippen LogP contribution is 2.13. The molecule has 0 amide bonds. The van der Waals surface area contributed by atoms with Crippen LogP contribution >= 0.6 is 0 Å². The Morgan fingerprint density at radius 2 is 2.04 bits per heavy atom. The largest absolute Gasteiger partial charge is 0.378 e. The number of aliphatic imine (C=N–C) groups is 1. The molecule has 1 saturated heterocycles. The maximum atomic E-state index is 5.73. The third-order valence-electron chi connectivity index (χ3n) is 4.71. The summed E-state index contributed by atoms with van der Waals surface area (Å²) in [7, 11) is 1.85. The average molecular weight is 355 g/mol. The second-order valence-corrected chi connectivity index (χ2v) is 6.49. The number of rotatable bonds is 6. The van der Waals surface area contributed by atoms with E-state index in [-0.39, 0.29) is 0 Å². The highest BCUT2D eigenvalue weighted by Gasteiger charge is 2.21. The van der Waals surface area contributed by atoms with Crippen molar-refractivity contribution in [3.05, 3.63) is 48.3 Å². The second-order valence-electron chi connectivity index (χ2n) is 6.49. The van der Waals surface area contributed by atoms with E-state index in [0.29, 0.717) is 6.10 Å². The Hall–Kier alpha value is -2.34. The monoisotopic (exact) mass is 355 g/mol. The number of para-hydroxylation sites is 1. The van der Waals surface area contributed by atoms with E-state index in [9.17, 15) is 0 Å². The molecule has 0 bridgehead atoms. The van der Waals surface area contributed by atoms with Crippen LogP contribution in [0, 0.1) is 0 Å². The highest BCUT2D eigenvalue weighted by molar-refractivity contribution is 5.79. The minimum absolute atomic E-state index is 0.401. The molecule has 2 aromatic rings. The van der Waals surface area contributed by atoms with Crippen LogP contribution in [-0.4, -0.2) is 60.0 Å². The van der Waals surface area contributed by atoms with Gasteiger partial charge in [0.2, 0.25) is 0 Å². The van der Waals surface area contributed by atoms with Gasteiger partial charge in [-0.1, -0.05) is 18.2 Å². The average Bonchev–Trinajstić information content (AvgIpc) is 3.16. The van der Waals surface area contributed by atoms with E-state index < -0.39 is 0 Å². The molecule has 0 unspecified atom stereocenters. The fourth-order valence-corrected chi connectivity index (χ4v) is 3.33. The normalized spacial score (nSPS) is 16.1. The summed E-state index contributed by atoms with van der Waals surface area (Å²) in [5.41, 5.74) is 2.30. The summed E-state index contributed by atoms with van der Waals surface area (Å²) in [6.45, 7) is 5.70. The predicted octanol–water partition coefficient (Wildman–Crippen LogP) is 2.49. The molecule has 0 radical (unpaired) electrons. The fraction of sp³-hybridized carbons (Fsp3) is 0.500. The number of ether oxygens (including phenoxy) is 1. The molecule has 6 heteroatoms. The third-order valence-corrected chi connectivity index (χ3v) is 4.71. The molecule has 140 valence electrons. The fourth-order valence-electron chi connectivity index (χ4n) is 3.33. The number of hydrogen-bond donors (Lipinski definition) is 1. The Morgan fingerprint density at radius 3 is 2.73 bits per heavy atom. The lowest BCUT2D eigenvalue weighted by Crippen LogP contribution is -2.47. The van der Waals surface area contributed by atoms with Crippen molar-refractivity contribution < 1.29 is 4.74 Å². The first-order valence-corrected chi connectivity index (χ1v) is 9.46. The first-order valence-electron chi connectivity index (χ1n) is 9.46. The standard InChI is InChI=1S/C20H29N5O/c1-3-26-19-10-13-24(14-11-19)20(21-2)22-12-9-17-15-23-25(16-17)18-7-5-4-6-8-18/h4-8,15-16,19H,3,9-14H2,1-2H3,(H,21,22). The smallest absolute Gasteiger partial charge is 0.193 e. The molecule has 3 rings (SSSR count).